The minimum Gasteiger partial charge on any atom is -0.392 e. The fourth-order valence-electron chi connectivity index (χ4n) is 0.876. The summed E-state index contributed by atoms with van der Waals surface area (Å²) in [5.41, 5.74) is 5.14. The molecule has 104 valence electrons. The van der Waals surface area contributed by atoms with Crippen LogP contribution in [-0.2, 0) is 19.6 Å². The maximum absolute atomic E-state index is 11.2. The number of hydrogen-bond acceptors (Lipinski definition) is 5. The Labute approximate surface area is 111 Å². The van der Waals surface area contributed by atoms with Crippen molar-refractivity contribution in [2.45, 2.75) is 6.42 Å². The highest BCUT2D eigenvalue weighted by molar-refractivity contribution is 7.88. The molecule has 10 heteroatoms. The summed E-state index contributed by atoms with van der Waals surface area (Å²) in [7, 11) is -3.23. The van der Waals surface area contributed by atoms with E-state index in [1.165, 1.54) is 0 Å². The van der Waals surface area contributed by atoms with Gasteiger partial charge in [-0.2, -0.15) is 0 Å². The van der Waals surface area contributed by atoms with Crippen LogP contribution in [0.5, 0.6) is 0 Å². The van der Waals surface area contributed by atoms with Gasteiger partial charge in [0.2, 0.25) is 10.0 Å². The van der Waals surface area contributed by atoms with Gasteiger partial charge in [-0.25, -0.2) is 13.1 Å². The number of nitrogens with one attached hydrogen (secondary N) is 3. The van der Waals surface area contributed by atoms with Gasteiger partial charge < -0.3 is 16.4 Å². The van der Waals surface area contributed by atoms with E-state index in [0.29, 0.717) is 6.42 Å². The summed E-state index contributed by atoms with van der Waals surface area (Å²) in [5.74, 6) is -1.65. The van der Waals surface area contributed by atoms with Crippen molar-refractivity contribution < 1.29 is 18.0 Å². The van der Waals surface area contributed by atoms with E-state index in [4.69, 9.17) is 5.73 Å². The first-order chi connectivity index (χ1) is 8.22. The van der Waals surface area contributed by atoms with Gasteiger partial charge in [-0.05, 0) is 6.42 Å². The molecule has 0 aliphatic carbocycles. The minimum absolute atomic E-state index is 0.0444. The minimum atomic E-state index is -3.23. The van der Waals surface area contributed by atoms with Gasteiger partial charge in [0, 0.05) is 13.1 Å². The van der Waals surface area contributed by atoms with E-state index in [9.17, 15) is 18.0 Å². The second-order valence-electron chi connectivity index (χ2n) is 3.42. The van der Waals surface area contributed by atoms with E-state index in [1.807, 2.05) is 0 Å². The Morgan fingerprint density at radius 3 is 2.22 bits per heavy atom. The molecule has 0 bridgehead atoms. The molecule has 2 amide bonds. The number of thiocarbonyl (C=S) groups is 1. The maximum atomic E-state index is 11.2. The molecule has 0 saturated heterocycles. The molecule has 0 aliphatic rings. The largest absolute Gasteiger partial charge is 0.392 e. The van der Waals surface area contributed by atoms with Crippen LogP contribution in [0, 0.1) is 0 Å². The Kier molecular flexibility index (Phi) is 7.39. The molecule has 0 heterocycles. The van der Waals surface area contributed by atoms with Crippen LogP contribution in [0.3, 0.4) is 0 Å². The topological polar surface area (TPSA) is 130 Å². The summed E-state index contributed by atoms with van der Waals surface area (Å²) in [6, 6.07) is 0. The van der Waals surface area contributed by atoms with Crippen molar-refractivity contribution in [2.75, 3.05) is 25.9 Å². The lowest BCUT2D eigenvalue weighted by molar-refractivity contribution is -0.139. The molecule has 8 nitrogen and oxygen atoms in total. The fraction of sp³-hybridized carbons (Fsp3) is 0.625. The molecular formula is C8H16N4O4S2. The summed E-state index contributed by atoms with van der Waals surface area (Å²) in [6.45, 7) is 0.326. The summed E-state index contributed by atoms with van der Waals surface area (Å²) in [4.78, 5) is 22.4. The Morgan fingerprint density at radius 1 is 1.17 bits per heavy atom. The molecule has 0 aromatic heterocycles. The highest BCUT2D eigenvalue weighted by Gasteiger charge is 2.11. The van der Waals surface area contributed by atoms with Gasteiger partial charge in [-0.3, -0.25) is 9.59 Å². The van der Waals surface area contributed by atoms with Gasteiger partial charge in [0.1, 0.15) is 0 Å². The van der Waals surface area contributed by atoms with E-state index >= 15 is 0 Å². The molecule has 0 aromatic rings. The maximum Gasteiger partial charge on any atom is 0.309 e. The Bertz CT molecular complexity index is 421. The normalized spacial score (nSPS) is 10.7. The summed E-state index contributed by atoms with van der Waals surface area (Å²) in [6.07, 6.45) is 1.41. The van der Waals surface area contributed by atoms with Gasteiger partial charge in [-0.15, -0.1) is 0 Å². The van der Waals surface area contributed by atoms with Crippen LogP contribution in [0.2, 0.25) is 0 Å². The van der Waals surface area contributed by atoms with Crippen LogP contribution in [0.25, 0.3) is 0 Å². The number of nitrogens with two attached hydrogens (primary N) is 1. The van der Waals surface area contributed by atoms with Crippen LogP contribution < -0.4 is 21.1 Å². The zero-order valence-electron chi connectivity index (χ0n) is 9.86. The third kappa shape index (κ3) is 9.93. The van der Waals surface area contributed by atoms with E-state index in [2.05, 4.69) is 27.6 Å². The number of carbonyl (C=O) groups is 2. The molecule has 0 unspecified atom stereocenters. The van der Waals surface area contributed by atoms with Crippen molar-refractivity contribution >= 4 is 39.0 Å². The molecule has 0 rings (SSSR count). The standard InChI is InChI=1S/C8H16N4O4S2/c1-18(15,16)12-4-2-3-10-7(13)8(14)11-5-6(9)17/h12H,2-5H2,1H3,(H2,9,17)(H,10,13)(H,11,14). The van der Waals surface area contributed by atoms with E-state index in [-0.39, 0.29) is 24.6 Å². The first kappa shape index (κ1) is 16.7. The lowest BCUT2D eigenvalue weighted by atomic mass is 10.4. The van der Waals surface area contributed by atoms with Gasteiger partial charge in [0.15, 0.2) is 0 Å². The van der Waals surface area contributed by atoms with Crippen LogP contribution >= 0.6 is 12.2 Å². The predicted octanol–water partition coefficient (Wildman–Crippen LogP) is -2.56. The van der Waals surface area contributed by atoms with Crippen LogP contribution in [0.4, 0.5) is 0 Å². The summed E-state index contributed by atoms with van der Waals surface area (Å²) >= 11 is 4.52. The molecule has 0 radical (unpaired) electrons. The molecule has 0 aromatic carbocycles. The van der Waals surface area contributed by atoms with Crippen LogP contribution in [0.1, 0.15) is 6.42 Å². The molecular weight excluding hydrogens is 280 g/mol. The van der Waals surface area contributed by atoms with E-state index < -0.39 is 21.8 Å². The van der Waals surface area contributed by atoms with Gasteiger partial charge in [0.05, 0.1) is 17.8 Å². The average Bonchev–Trinajstić information content (AvgIpc) is 2.23. The van der Waals surface area contributed by atoms with Gasteiger partial charge in [-0.1, -0.05) is 12.2 Å². The Hall–Kier alpha value is -1.26. The lowest BCUT2D eigenvalue weighted by Gasteiger charge is -2.06. The highest BCUT2D eigenvalue weighted by atomic mass is 32.2. The molecule has 5 N–H and O–H groups in total. The third-order valence-electron chi connectivity index (χ3n) is 1.63. The molecule has 0 aliphatic heterocycles. The van der Waals surface area contributed by atoms with Crippen molar-refractivity contribution in [1.82, 2.24) is 15.4 Å². The number of amides is 2. The fourth-order valence-corrected chi connectivity index (χ4v) is 1.46. The smallest absolute Gasteiger partial charge is 0.309 e. The molecule has 0 saturated carbocycles. The monoisotopic (exact) mass is 296 g/mol. The van der Waals surface area contributed by atoms with Gasteiger partial charge >= 0.3 is 11.8 Å². The lowest BCUT2D eigenvalue weighted by Crippen LogP contribution is -2.43. The van der Waals surface area contributed by atoms with Crippen molar-refractivity contribution in [2.24, 2.45) is 5.73 Å². The SMILES string of the molecule is CS(=O)(=O)NCCCNC(=O)C(=O)NCC(N)=S. The first-order valence-corrected chi connectivity index (χ1v) is 7.31. The second-order valence-corrected chi connectivity index (χ2v) is 5.78. The zero-order valence-corrected chi connectivity index (χ0v) is 11.5. The average molecular weight is 296 g/mol. The zero-order chi connectivity index (χ0) is 14.2. The number of sulfonamides is 1. The second kappa shape index (κ2) is 7.95. The van der Waals surface area contributed by atoms with E-state index in [0.717, 1.165) is 6.26 Å². The Balaban J connectivity index is 3.71. The quantitative estimate of drug-likeness (QED) is 0.232. The summed E-state index contributed by atoms with van der Waals surface area (Å²) in [5, 5.41) is 4.54. The van der Waals surface area contributed by atoms with Crippen molar-refractivity contribution in [3.63, 3.8) is 0 Å². The van der Waals surface area contributed by atoms with E-state index in [1.54, 1.807) is 0 Å². The third-order valence-corrected chi connectivity index (χ3v) is 2.51. The van der Waals surface area contributed by atoms with Crippen LogP contribution in [-0.4, -0.2) is 51.1 Å². The van der Waals surface area contributed by atoms with Crippen LogP contribution in [0.15, 0.2) is 0 Å². The van der Waals surface area contributed by atoms with Crippen molar-refractivity contribution in [1.29, 1.82) is 0 Å². The van der Waals surface area contributed by atoms with Crippen molar-refractivity contribution in [3.05, 3.63) is 0 Å². The number of hydrogen-bond donors (Lipinski definition) is 4. The highest BCUT2D eigenvalue weighted by Crippen LogP contribution is 1.79. The molecule has 0 spiro atoms. The van der Waals surface area contributed by atoms with Crippen molar-refractivity contribution in [3.8, 4) is 0 Å². The Morgan fingerprint density at radius 2 is 1.72 bits per heavy atom. The van der Waals surface area contributed by atoms with Gasteiger partial charge in [0.25, 0.3) is 0 Å². The molecule has 0 atom stereocenters. The predicted molar refractivity (Wildman–Crippen MR) is 70.3 cm³/mol. The number of carbonyl (C=O) groups excluding carboxylic acids is 2. The molecule has 0 fully saturated rings. The first-order valence-electron chi connectivity index (χ1n) is 5.01. The summed E-state index contributed by atoms with van der Waals surface area (Å²) < 4.78 is 23.6. The molecule has 18 heavy (non-hydrogen) atoms. The number of rotatable bonds is 7.